The highest BCUT2D eigenvalue weighted by molar-refractivity contribution is 5.92. The van der Waals surface area contributed by atoms with Gasteiger partial charge in [-0.2, -0.15) is 0 Å². The van der Waals surface area contributed by atoms with Gasteiger partial charge in [0.15, 0.2) is 0 Å². The molecule has 0 bridgehead atoms. The number of carbonyl (C=O) groups is 1. The molecule has 0 fully saturated rings. The maximum atomic E-state index is 11.9. The quantitative estimate of drug-likeness (QED) is 0.762. The summed E-state index contributed by atoms with van der Waals surface area (Å²) in [6.07, 6.45) is 4.71. The number of aromatic nitrogens is 1. The molecule has 0 aliphatic heterocycles. The van der Waals surface area contributed by atoms with Crippen LogP contribution in [0.2, 0.25) is 0 Å². The maximum Gasteiger partial charge on any atom is 0.269 e. The third kappa shape index (κ3) is 4.32. The molecule has 0 saturated heterocycles. The average Bonchev–Trinajstić information content (AvgIpc) is 2.56. The monoisotopic (exact) mass is 297 g/mol. The van der Waals surface area contributed by atoms with Crippen molar-refractivity contribution >= 4 is 17.3 Å². The largest absolute Gasteiger partial charge is 0.354 e. The molecular weight excluding hydrogens is 274 g/mol. The first kappa shape index (κ1) is 16.0. The molecule has 0 saturated carbocycles. The van der Waals surface area contributed by atoms with Crippen LogP contribution < -0.4 is 10.6 Å². The number of anilines is 2. The van der Waals surface area contributed by atoms with E-state index in [2.05, 4.69) is 35.5 Å². The van der Waals surface area contributed by atoms with Crippen molar-refractivity contribution in [2.24, 2.45) is 0 Å². The highest BCUT2D eigenvalue weighted by Gasteiger charge is 2.06. The van der Waals surface area contributed by atoms with Gasteiger partial charge in [0, 0.05) is 12.2 Å². The SMILES string of the molecule is CCCCNC(=O)c1ccc(Nc2ccccc2CC)cn1. The molecule has 2 rings (SSSR count). The standard InChI is InChI=1S/C18H23N3O/c1-3-5-12-19-18(22)17-11-10-15(13-20-17)21-16-9-7-6-8-14(16)4-2/h6-11,13,21H,3-5,12H2,1-2H3,(H,19,22). The van der Waals surface area contributed by atoms with Crippen LogP contribution in [0.4, 0.5) is 11.4 Å². The van der Waals surface area contributed by atoms with Gasteiger partial charge in [-0.3, -0.25) is 4.79 Å². The zero-order valence-electron chi connectivity index (χ0n) is 13.2. The zero-order valence-corrected chi connectivity index (χ0v) is 13.2. The van der Waals surface area contributed by atoms with Gasteiger partial charge in [0.05, 0.1) is 11.9 Å². The number of benzene rings is 1. The van der Waals surface area contributed by atoms with Crippen molar-refractivity contribution in [1.29, 1.82) is 0 Å². The zero-order chi connectivity index (χ0) is 15.8. The van der Waals surface area contributed by atoms with Crippen molar-refractivity contribution in [3.05, 3.63) is 53.9 Å². The van der Waals surface area contributed by atoms with Crippen LogP contribution in [0.15, 0.2) is 42.6 Å². The summed E-state index contributed by atoms with van der Waals surface area (Å²) in [4.78, 5) is 16.1. The summed E-state index contributed by atoms with van der Waals surface area (Å²) in [6.45, 7) is 4.92. The van der Waals surface area contributed by atoms with Gasteiger partial charge in [-0.25, -0.2) is 4.98 Å². The number of unbranched alkanes of at least 4 members (excludes halogenated alkanes) is 1. The van der Waals surface area contributed by atoms with E-state index >= 15 is 0 Å². The second kappa shape index (κ2) is 8.17. The number of nitrogens with one attached hydrogen (secondary N) is 2. The Morgan fingerprint density at radius 1 is 1.14 bits per heavy atom. The van der Waals surface area contributed by atoms with Crippen molar-refractivity contribution in [3.8, 4) is 0 Å². The van der Waals surface area contributed by atoms with Crippen molar-refractivity contribution in [2.75, 3.05) is 11.9 Å². The molecule has 2 aromatic rings. The minimum atomic E-state index is -0.117. The lowest BCUT2D eigenvalue weighted by atomic mass is 10.1. The Hall–Kier alpha value is -2.36. The molecule has 1 aromatic carbocycles. The molecule has 1 aromatic heterocycles. The topological polar surface area (TPSA) is 54.0 Å². The van der Waals surface area contributed by atoms with Crippen LogP contribution in [0.3, 0.4) is 0 Å². The lowest BCUT2D eigenvalue weighted by Crippen LogP contribution is -2.25. The van der Waals surface area contributed by atoms with Crippen molar-refractivity contribution in [2.45, 2.75) is 33.1 Å². The summed E-state index contributed by atoms with van der Waals surface area (Å²) >= 11 is 0. The van der Waals surface area contributed by atoms with Gasteiger partial charge in [-0.1, -0.05) is 38.5 Å². The second-order valence-corrected chi connectivity index (χ2v) is 5.18. The average molecular weight is 297 g/mol. The van der Waals surface area contributed by atoms with Gasteiger partial charge < -0.3 is 10.6 Å². The molecule has 4 nitrogen and oxygen atoms in total. The summed E-state index contributed by atoms with van der Waals surface area (Å²) < 4.78 is 0. The predicted octanol–water partition coefficient (Wildman–Crippen LogP) is 3.92. The Balaban J connectivity index is 2.01. The number of para-hydroxylation sites is 1. The minimum absolute atomic E-state index is 0.117. The van der Waals surface area contributed by atoms with E-state index < -0.39 is 0 Å². The molecule has 1 amide bonds. The highest BCUT2D eigenvalue weighted by atomic mass is 16.1. The van der Waals surface area contributed by atoms with Crippen LogP contribution in [0, 0.1) is 0 Å². The molecule has 0 aliphatic carbocycles. The fourth-order valence-electron chi connectivity index (χ4n) is 2.18. The molecule has 0 radical (unpaired) electrons. The molecule has 116 valence electrons. The van der Waals surface area contributed by atoms with Crippen LogP contribution in [-0.4, -0.2) is 17.4 Å². The van der Waals surface area contributed by atoms with Crippen molar-refractivity contribution < 1.29 is 4.79 Å². The smallest absolute Gasteiger partial charge is 0.269 e. The number of nitrogens with zero attached hydrogens (tertiary/aromatic N) is 1. The van der Waals surface area contributed by atoms with Gasteiger partial charge in [-0.15, -0.1) is 0 Å². The third-order valence-corrected chi connectivity index (χ3v) is 3.49. The van der Waals surface area contributed by atoms with Crippen LogP contribution in [0.5, 0.6) is 0 Å². The number of carbonyl (C=O) groups excluding carboxylic acids is 1. The van der Waals surface area contributed by atoms with E-state index in [1.54, 1.807) is 12.3 Å². The number of pyridine rings is 1. The minimum Gasteiger partial charge on any atom is -0.354 e. The fraction of sp³-hybridized carbons (Fsp3) is 0.333. The number of hydrogen-bond acceptors (Lipinski definition) is 3. The third-order valence-electron chi connectivity index (χ3n) is 3.49. The van der Waals surface area contributed by atoms with Crippen molar-refractivity contribution in [1.82, 2.24) is 10.3 Å². The number of amides is 1. The van der Waals surface area contributed by atoms with Gasteiger partial charge in [0.25, 0.3) is 5.91 Å². The van der Waals surface area contributed by atoms with Gasteiger partial charge >= 0.3 is 0 Å². The molecular formula is C18H23N3O. The molecule has 1 heterocycles. The van der Waals surface area contributed by atoms with E-state index in [-0.39, 0.29) is 5.91 Å². The maximum absolute atomic E-state index is 11.9. The Labute approximate surface area is 132 Å². The highest BCUT2D eigenvalue weighted by Crippen LogP contribution is 2.20. The van der Waals surface area contributed by atoms with Crippen molar-refractivity contribution in [3.63, 3.8) is 0 Å². The first-order chi connectivity index (χ1) is 10.7. The molecule has 0 atom stereocenters. The lowest BCUT2D eigenvalue weighted by molar-refractivity contribution is 0.0948. The Morgan fingerprint density at radius 3 is 2.64 bits per heavy atom. The van der Waals surface area contributed by atoms with Crippen LogP contribution in [0.25, 0.3) is 0 Å². The summed E-state index contributed by atoms with van der Waals surface area (Å²) in [6, 6.07) is 11.8. The predicted molar refractivity (Wildman–Crippen MR) is 90.6 cm³/mol. The second-order valence-electron chi connectivity index (χ2n) is 5.18. The van der Waals surface area contributed by atoms with Gasteiger partial charge in [-0.05, 0) is 36.6 Å². The normalized spacial score (nSPS) is 10.3. The lowest BCUT2D eigenvalue weighted by Gasteiger charge is -2.11. The molecule has 2 N–H and O–H groups in total. The fourth-order valence-corrected chi connectivity index (χ4v) is 2.18. The Bertz CT molecular complexity index is 608. The summed E-state index contributed by atoms with van der Waals surface area (Å²) in [5, 5.41) is 6.21. The van der Waals surface area contributed by atoms with Gasteiger partial charge in [0.1, 0.15) is 5.69 Å². The Kier molecular flexibility index (Phi) is 5.95. The van der Waals surface area contributed by atoms with Crippen LogP contribution in [-0.2, 0) is 6.42 Å². The van der Waals surface area contributed by atoms with E-state index in [9.17, 15) is 4.79 Å². The van der Waals surface area contributed by atoms with E-state index in [1.807, 2.05) is 24.3 Å². The molecule has 0 aliphatic rings. The number of hydrogen-bond donors (Lipinski definition) is 2. The number of rotatable bonds is 7. The van der Waals surface area contributed by atoms with E-state index in [4.69, 9.17) is 0 Å². The first-order valence-electron chi connectivity index (χ1n) is 7.83. The molecule has 22 heavy (non-hydrogen) atoms. The molecule has 4 heteroatoms. The van der Waals surface area contributed by atoms with Gasteiger partial charge in [0.2, 0.25) is 0 Å². The first-order valence-corrected chi connectivity index (χ1v) is 7.83. The summed E-state index contributed by atoms with van der Waals surface area (Å²) in [5.74, 6) is -0.117. The molecule has 0 spiro atoms. The van der Waals surface area contributed by atoms with E-state index in [0.29, 0.717) is 12.2 Å². The van der Waals surface area contributed by atoms with E-state index in [0.717, 1.165) is 30.6 Å². The summed E-state index contributed by atoms with van der Waals surface area (Å²) in [5.41, 5.74) is 3.66. The van der Waals surface area contributed by atoms with Crippen LogP contribution in [0.1, 0.15) is 42.7 Å². The van der Waals surface area contributed by atoms with E-state index in [1.165, 1.54) is 5.56 Å². The summed E-state index contributed by atoms with van der Waals surface area (Å²) in [7, 11) is 0. The Morgan fingerprint density at radius 2 is 1.95 bits per heavy atom. The molecule has 0 unspecified atom stereocenters. The number of aryl methyl sites for hydroxylation is 1. The van der Waals surface area contributed by atoms with Crippen LogP contribution >= 0.6 is 0 Å².